The topological polar surface area (TPSA) is 35.5 Å². The highest BCUT2D eigenvalue weighted by Gasteiger charge is 2.20. The van der Waals surface area contributed by atoms with Gasteiger partial charge >= 0.3 is 0 Å². The molecule has 0 saturated heterocycles. The van der Waals surface area contributed by atoms with Crippen LogP contribution in [-0.4, -0.2) is 48.3 Å². The second-order valence-corrected chi connectivity index (χ2v) is 4.81. The molecule has 0 amide bonds. The Kier molecular flexibility index (Phi) is 7.01. The fraction of sp³-hybridized carbons (Fsp3) is 1.00. The number of nitrogens with zero attached hydrogens (tertiary/aromatic N) is 1. The highest BCUT2D eigenvalue weighted by molar-refractivity contribution is 4.80. The first-order chi connectivity index (χ1) is 7.81. The highest BCUT2D eigenvalue weighted by Crippen LogP contribution is 2.18. The van der Waals surface area contributed by atoms with E-state index in [1.807, 2.05) is 0 Å². The van der Waals surface area contributed by atoms with Crippen LogP contribution in [0.1, 0.15) is 46.0 Å². The van der Waals surface area contributed by atoms with Crippen molar-refractivity contribution in [1.29, 1.82) is 0 Å². The maximum atomic E-state index is 9.07. The predicted octanol–water partition coefficient (Wildman–Crippen LogP) is 1.61. The van der Waals surface area contributed by atoms with Crippen molar-refractivity contribution < 1.29 is 5.11 Å². The molecule has 0 bridgehead atoms. The van der Waals surface area contributed by atoms with Gasteiger partial charge < -0.3 is 10.4 Å². The number of rotatable bonds is 10. The summed E-state index contributed by atoms with van der Waals surface area (Å²) >= 11 is 0. The van der Waals surface area contributed by atoms with Crippen LogP contribution in [0.5, 0.6) is 0 Å². The molecule has 0 spiro atoms. The lowest BCUT2D eigenvalue weighted by molar-refractivity contribution is 0.142. The first kappa shape index (κ1) is 13.9. The van der Waals surface area contributed by atoms with E-state index < -0.39 is 0 Å². The van der Waals surface area contributed by atoms with Gasteiger partial charge in [-0.05, 0) is 45.2 Å². The first-order valence-corrected chi connectivity index (χ1v) is 6.90. The third-order valence-corrected chi connectivity index (χ3v) is 3.48. The van der Waals surface area contributed by atoms with Gasteiger partial charge in [0.2, 0.25) is 0 Å². The summed E-state index contributed by atoms with van der Waals surface area (Å²) in [6, 6.07) is 1.47. The lowest BCUT2D eigenvalue weighted by Gasteiger charge is -2.29. The first-order valence-electron chi connectivity index (χ1n) is 6.90. The van der Waals surface area contributed by atoms with Crippen molar-refractivity contribution in [2.45, 2.75) is 58.0 Å². The Morgan fingerprint density at radius 3 is 2.44 bits per heavy atom. The van der Waals surface area contributed by atoms with Crippen molar-refractivity contribution in [3.63, 3.8) is 0 Å². The van der Waals surface area contributed by atoms with E-state index >= 15 is 0 Å². The number of hydrogen-bond acceptors (Lipinski definition) is 3. The van der Waals surface area contributed by atoms with Crippen molar-refractivity contribution >= 4 is 0 Å². The van der Waals surface area contributed by atoms with Crippen molar-refractivity contribution in [3.05, 3.63) is 0 Å². The van der Waals surface area contributed by atoms with Crippen LogP contribution in [0.4, 0.5) is 0 Å². The summed E-state index contributed by atoms with van der Waals surface area (Å²) in [5, 5.41) is 12.6. The second-order valence-electron chi connectivity index (χ2n) is 4.81. The lowest BCUT2D eigenvalue weighted by atomic mass is 10.1. The molecule has 0 aromatic rings. The van der Waals surface area contributed by atoms with E-state index in [0.29, 0.717) is 6.04 Å². The van der Waals surface area contributed by atoms with Crippen LogP contribution in [0.2, 0.25) is 0 Å². The van der Waals surface area contributed by atoms with Gasteiger partial charge in [0, 0.05) is 18.6 Å². The molecule has 0 unspecified atom stereocenters. The number of aliphatic hydroxyl groups excluding tert-OH is 1. The zero-order chi connectivity index (χ0) is 11.8. The Morgan fingerprint density at radius 2 is 1.94 bits per heavy atom. The Hall–Kier alpha value is -0.120. The molecule has 0 aromatic heterocycles. The predicted molar refractivity (Wildman–Crippen MR) is 68.7 cm³/mol. The molecule has 2 N–H and O–H groups in total. The van der Waals surface area contributed by atoms with Gasteiger partial charge in [0.25, 0.3) is 0 Å². The fourth-order valence-electron chi connectivity index (χ4n) is 2.29. The zero-order valence-corrected chi connectivity index (χ0v) is 10.9. The van der Waals surface area contributed by atoms with Crippen LogP contribution in [-0.2, 0) is 0 Å². The van der Waals surface area contributed by atoms with Crippen molar-refractivity contribution in [3.8, 4) is 0 Å². The molecule has 1 rings (SSSR count). The molecule has 0 radical (unpaired) electrons. The van der Waals surface area contributed by atoms with Gasteiger partial charge in [0.05, 0.1) is 6.61 Å². The van der Waals surface area contributed by atoms with Crippen molar-refractivity contribution in [2.24, 2.45) is 0 Å². The summed E-state index contributed by atoms with van der Waals surface area (Å²) in [6.45, 7) is 7.84. The van der Waals surface area contributed by atoms with Crippen LogP contribution in [0.25, 0.3) is 0 Å². The van der Waals surface area contributed by atoms with E-state index in [-0.39, 0.29) is 6.61 Å². The van der Waals surface area contributed by atoms with Crippen LogP contribution >= 0.6 is 0 Å². The molecular weight excluding hydrogens is 200 g/mol. The minimum atomic E-state index is 0.284. The third kappa shape index (κ3) is 5.28. The molecule has 0 atom stereocenters. The Labute approximate surface area is 100 Å². The number of nitrogens with one attached hydrogen (secondary N) is 1. The largest absolute Gasteiger partial charge is 0.395 e. The minimum Gasteiger partial charge on any atom is -0.395 e. The van der Waals surface area contributed by atoms with Gasteiger partial charge in [0.1, 0.15) is 0 Å². The van der Waals surface area contributed by atoms with E-state index in [0.717, 1.165) is 25.7 Å². The maximum absolute atomic E-state index is 9.07. The Morgan fingerprint density at radius 1 is 1.25 bits per heavy atom. The summed E-state index contributed by atoms with van der Waals surface area (Å²) < 4.78 is 0. The van der Waals surface area contributed by atoms with Crippen LogP contribution < -0.4 is 5.32 Å². The molecule has 96 valence electrons. The number of hydrogen-bond donors (Lipinski definition) is 2. The van der Waals surface area contributed by atoms with Gasteiger partial charge in [-0.3, -0.25) is 4.90 Å². The van der Waals surface area contributed by atoms with Gasteiger partial charge in [-0.25, -0.2) is 0 Å². The van der Waals surface area contributed by atoms with Crippen molar-refractivity contribution in [2.75, 3.05) is 26.2 Å². The van der Waals surface area contributed by atoms with E-state index in [4.69, 9.17) is 5.11 Å². The summed E-state index contributed by atoms with van der Waals surface area (Å²) in [4.78, 5) is 2.44. The fourth-order valence-corrected chi connectivity index (χ4v) is 2.29. The summed E-state index contributed by atoms with van der Waals surface area (Å²) in [7, 11) is 0. The molecule has 1 aliphatic carbocycles. The average molecular weight is 228 g/mol. The average Bonchev–Trinajstić information content (AvgIpc) is 3.09. The number of aliphatic hydroxyl groups is 1. The molecule has 3 heteroatoms. The molecule has 0 heterocycles. The molecule has 16 heavy (non-hydrogen) atoms. The Bertz CT molecular complexity index is 167. The monoisotopic (exact) mass is 228 g/mol. The standard InChI is InChI=1S/C13H28N2O/c1-3-13(4-2)15(10-11-16)9-5-8-14-12-6-7-12/h12-14,16H,3-11H2,1-2H3. The molecule has 1 saturated carbocycles. The molecule has 0 aliphatic heterocycles. The van der Waals surface area contributed by atoms with Crippen LogP contribution in [0.3, 0.4) is 0 Å². The van der Waals surface area contributed by atoms with E-state index in [1.165, 1.54) is 32.1 Å². The molecule has 3 nitrogen and oxygen atoms in total. The molecule has 1 aliphatic rings. The zero-order valence-electron chi connectivity index (χ0n) is 10.9. The third-order valence-electron chi connectivity index (χ3n) is 3.48. The van der Waals surface area contributed by atoms with Crippen LogP contribution in [0, 0.1) is 0 Å². The summed E-state index contributed by atoms with van der Waals surface area (Å²) in [5.74, 6) is 0. The maximum Gasteiger partial charge on any atom is 0.0558 e. The molecular formula is C13H28N2O. The normalized spacial score (nSPS) is 16.3. The summed E-state index contributed by atoms with van der Waals surface area (Å²) in [5.41, 5.74) is 0. The van der Waals surface area contributed by atoms with Crippen LogP contribution in [0.15, 0.2) is 0 Å². The van der Waals surface area contributed by atoms with E-state index in [9.17, 15) is 0 Å². The second kappa shape index (κ2) is 8.04. The van der Waals surface area contributed by atoms with E-state index in [1.54, 1.807) is 0 Å². The van der Waals surface area contributed by atoms with E-state index in [2.05, 4.69) is 24.1 Å². The SMILES string of the molecule is CCC(CC)N(CCO)CCCNC1CC1. The van der Waals surface area contributed by atoms with Crippen molar-refractivity contribution in [1.82, 2.24) is 10.2 Å². The molecule has 0 aromatic carbocycles. The van der Waals surface area contributed by atoms with Gasteiger partial charge in [-0.2, -0.15) is 0 Å². The Balaban J connectivity index is 2.14. The quantitative estimate of drug-likeness (QED) is 0.558. The summed E-state index contributed by atoms with van der Waals surface area (Å²) in [6.07, 6.45) is 6.31. The minimum absolute atomic E-state index is 0.284. The highest BCUT2D eigenvalue weighted by atomic mass is 16.3. The smallest absolute Gasteiger partial charge is 0.0558 e. The molecule has 1 fully saturated rings. The van der Waals surface area contributed by atoms with Gasteiger partial charge in [-0.1, -0.05) is 13.8 Å². The van der Waals surface area contributed by atoms with Gasteiger partial charge in [0.15, 0.2) is 0 Å². The lowest BCUT2D eigenvalue weighted by Crippen LogP contribution is -2.38. The van der Waals surface area contributed by atoms with Gasteiger partial charge in [-0.15, -0.1) is 0 Å².